The predicted molar refractivity (Wildman–Crippen MR) is 120 cm³/mol. The van der Waals surface area contributed by atoms with E-state index in [-0.39, 0.29) is 16.7 Å². The molecule has 6 nitrogen and oxygen atoms in total. The van der Waals surface area contributed by atoms with Gasteiger partial charge in [0.05, 0.1) is 5.57 Å². The lowest BCUT2D eigenvalue weighted by atomic mass is 9.77. The number of fused-ring (bicyclic) bond motifs is 2. The summed E-state index contributed by atoms with van der Waals surface area (Å²) < 4.78 is 10.6. The Morgan fingerprint density at radius 3 is 2.62 bits per heavy atom. The molecular formula is C26H26O6. The van der Waals surface area contributed by atoms with Crippen LogP contribution in [0.1, 0.15) is 34.1 Å². The van der Waals surface area contributed by atoms with Crippen molar-refractivity contribution in [1.29, 1.82) is 0 Å². The number of carbonyl (C=O) groups excluding carboxylic acids is 3. The van der Waals surface area contributed by atoms with E-state index in [1.807, 2.05) is 6.08 Å². The molecule has 0 spiro atoms. The van der Waals surface area contributed by atoms with Crippen molar-refractivity contribution in [1.82, 2.24) is 0 Å². The lowest BCUT2D eigenvalue weighted by Crippen LogP contribution is -2.41. The van der Waals surface area contributed by atoms with Crippen molar-refractivity contribution in [2.24, 2.45) is 5.92 Å². The van der Waals surface area contributed by atoms with Crippen LogP contribution in [0.15, 0.2) is 94.8 Å². The maximum Gasteiger partial charge on any atom is 0.343 e. The van der Waals surface area contributed by atoms with Crippen molar-refractivity contribution in [2.75, 3.05) is 0 Å². The van der Waals surface area contributed by atoms with Crippen molar-refractivity contribution in [3.8, 4) is 0 Å². The van der Waals surface area contributed by atoms with Crippen LogP contribution in [0.3, 0.4) is 0 Å². The van der Waals surface area contributed by atoms with Gasteiger partial charge in [-0.15, -0.1) is 0 Å². The molecule has 166 valence electrons. The van der Waals surface area contributed by atoms with E-state index in [4.69, 9.17) is 9.47 Å². The molecule has 6 heteroatoms. The molecule has 3 aliphatic rings. The van der Waals surface area contributed by atoms with Gasteiger partial charge in [-0.25, -0.2) is 4.79 Å². The van der Waals surface area contributed by atoms with Gasteiger partial charge in [0.25, 0.3) is 0 Å². The lowest BCUT2D eigenvalue weighted by molar-refractivity contribution is -0.152. The largest absolute Gasteiger partial charge is 0.507 e. The zero-order valence-electron chi connectivity index (χ0n) is 18.5. The van der Waals surface area contributed by atoms with E-state index in [1.165, 1.54) is 19.3 Å². The van der Waals surface area contributed by atoms with Crippen molar-refractivity contribution in [2.45, 2.75) is 39.7 Å². The van der Waals surface area contributed by atoms with Crippen LogP contribution in [-0.2, 0) is 23.9 Å². The number of aliphatic hydroxyl groups is 1. The Labute approximate surface area is 187 Å². The van der Waals surface area contributed by atoms with Gasteiger partial charge in [-0.05, 0) is 43.6 Å². The van der Waals surface area contributed by atoms with E-state index in [0.29, 0.717) is 17.3 Å². The third-order valence-corrected chi connectivity index (χ3v) is 5.51. The van der Waals surface area contributed by atoms with Gasteiger partial charge in [0, 0.05) is 11.6 Å². The van der Waals surface area contributed by atoms with E-state index in [0.717, 1.165) is 12.5 Å². The van der Waals surface area contributed by atoms with Crippen LogP contribution in [0.2, 0.25) is 0 Å². The molecule has 2 aliphatic heterocycles. The molecule has 2 heterocycles. The average molecular weight is 434 g/mol. The minimum absolute atomic E-state index is 0.196. The van der Waals surface area contributed by atoms with Gasteiger partial charge in [0.15, 0.2) is 11.4 Å². The number of Topliss-reactive ketones (excluding diaryl/α,β-unsaturated/α-hetero) is 1. The highest BCUT2D eigenvalue weighted by Crippen LogP contribution is 2.44. The molecular weight excluding hydrogens is 408 g/mol. The number of aliphatic hydroxyl groups excluding tert-OH is 1. The minimum atomic E-state index is -1.59. The monoisotopic (exact) mass is 434 g/mol. The zero-order chi connectivity index (χ0) is 23.5. The van der Waals surface area contributed by atoms with Crippen LogP contribution in [0.25, 0.3) is 0 Å². The van der Waals surface area contributed by atoms with E-state index in [2.05, 4.69) is 19.9 Å². The molecule has 0 amide bonds. The highest BCUT2D eigenvalue weighted by molar-refractivity contribution is 6.16. The molecule has 3 rings (SSSR count). The minimum Gasteiger partial charge on any atom is -0.507 e. The number of esters is 1. The second-order valence-corrected chi connectivity index (χ2v) is 7.99. The Kier molecular flexibility index (Phi) is 6.63. The Hall–Kier alpha value is -3.67. The van der Waals surface area contributed by atoms with Gasteiger partial charge >= 0.3 is 5.97 Å². The first-order valence-corrected chi connectivity index (χ1v) is 10.4. The molecule has 0 bridgehead atoms. The molecule has 0 aromatic heterocycles. The number of carbonyl (C=O) groups is 3. The maximum atomic E-state index is 13.0. The Balaban J connectivity index is 1.87. The maximum absolute atomic E-state index is 13.0. The third-order valence-electron chi connectivity index (χ3n) is 5.51. The molecule has 0 aromatic rings. The highest BCUT2D eigenvalue weighted by atomic mass is 16.6. The molecule has 0 unspecified atom stereocenters. The van der Waals surface area contributed by atoms with Gasteiger partial charge in [-0.1, -0.05) is 50.6 Å². The van der Waals surface area contributed by atoms with E-state index in [9.17, 15) is 19.5 Å². The van der Waals surface area contributed by atoms with Gasteiger partial charge in [0.1, 0.15) is 23.4 Å². The van der Waals surface area contributed by atoms with E-state index in [1.54, 1.807) is 37.3 Å². The van der Waals surface area contributed by atoms with Crippen molar-refractivity contribution in [3.05, 3.63) is 94.8 Å². The first-order valence-electron chi connectivity index (χ1n) is 10.4. The number of allylic oxidation sites excluding steroid dienone is 10. The normalized spacial score (nSPS) is 24.2. The molecule has 0 aromatic carbocycles. The standard InChI is InChI=1S/C26H26O6/c1-5-16(2)10-8-6-7-9-11-19(27)14-22(28)23-21-13-18-12-17(3)31-15-20(18)24(29)26(21,4)32-25(23)30/h6-16,28H,5H2,1-4H3/b7-6+,10-8+,11-9+,22-14-/t16-,26-/m1/s1. The van der Waals surface area contributed by atoms with Crippen LogP contribution < -0.4 is 0 Å². The fourth-order valence-corrected chi connectivity index (χ4v) is 3.45. The third kappa shape index (κ3) is 4.49. The molecule has 0 saturated carbocycles. The summed E-state index contributed by atoms with van der Waals surface area (Å²) in [5.41, 5.74) is -0.732. The summed E-state index contributed by atoms with van der Waals surface area (Å²) in [7, 11) is 0. The molecule has 1 N–H and O–H groups in total. The van der Waals surface area contributed by atoms with Crippen molar-refractivity contribution < 1.29 is 29.0 Å². The number of hydrogen-bond acceptors (Lipinski definition) is 6. The summed E-state index contributed by atoms with van der Waals surface area (Å²) in [5.74, 6) is -1.32. The molecule has 0 fully saturated rings. The number of ketones is 2. The molecule has 2 atom stereocenters. The van der Waals surface area contributed by atoms with Crippen molar-refractivity contribution >= 4 is 17.5 Å². The summed E-state index contributed by atoms with van der Waals surface area (Å²) >= 11 is 0. The average Bonchev–Trinajstić information content (AvgIpc) is 3.00. The Bertz CT molecular complexity index is 1100. The summed E-state index contributed by atoms with van der Waals surface area (Å²) in [6, 6.07) is 0. The van der Waals surface area contributed by atoms with Crippen LogP contribution in [0, 0.1) is 5.92 Å². The number of ether oxygens (including phenoxy) is 2. The summed E-state index contributed by atoms with van der Waals surface area (Å²) in [6.07, 6.45) is 16.9. The van der Waals surface area contributed by atoms with Crippen LogP contribution in [0.5, 0.6) is 0 Å². The fraction of sp³-hybridized carbons (Fsp3) is 0.269. The number of hydrogen-bond donors (Lipinski definition) is 1. The topological polar surface area (TPSA) is 89.9 Å². The van der Waals surface area contributed by atoms with Gasteiger partial charge < -0.3 is 14.6 Å². The second kappa shape index (κ2) is 9.22. The van der Waals surface area contributed by atoms with Gasteiger partial charge in [-0.2, -0.15) is 0 Å². The Morgan fingerprint density at radius 2 is 1.91 bits per heavy atom. The molecule has 0 radical (unpaired) electrons. The van der Waals surface area contributed by atoms with Gasteiger partial charge in [0.2, 0.25) is 5.78 Å². The van der Waals surface area contributed by atoms with E-state index < -0.39 is 28.9 Å². The SMILES string of the molecule is CC[C@@H](C)/C=C/C=C/C=C/C(=O)/C=C(\O)C1=C2C=C3C=C(C)OC=C3C(=O)[C@]2(C)OC1=O. The second-order valence-electron chi connectivity index (χ2n) is 7.99. The van der Waals surface area contributed by atoms with Crippen molar-refractivity contribution in [3.63, 3.8) is 0 Å². The van der Waals surface area contributed by atoms with Crippen LogP contribution in [0.4, 0.5) is 0 Å². The highest BCUT2D eigenvalue weighted by Gasteiger charge is 2.53. The zero-order valence-corrected chi connectivity index (χ0v) is 18.5. The Morgan fingerprint density at radius 1 is 1.19 bits per heavy atom. The number of rotatable bonds is 7. The van der Waals surface area contributed by atoms with Crippen LogP contribution >= 0.6 is 0 Å². The van der Waals surface area contributed by atoms with E-state index >= 15 is 0 Å². The first kappa shape index (κ1) is 23.0. The summed E-state index contributed by atoms with van der Waals surface area (Å²) in [4.78, 5) is 37.7. The molecule has 32 heavy (non-hydrogen) atoms. The van der Waals surface area contributed by atoms with Gasteiger partial charge in [-0.3, -0.25) is 9.59 Å². The van der Waals surface area contributed by atoms with Crippen LogP contribution in [-0.4, -0.2) is 28.2 Å². The summed E-state index contributed by atoms with van der Waals surface area (Å²) in [6.45, 7) is 7.40. The predicted octanol–water partition coefficient (Wildman–Crippen LogP) is 4.65. The first-order chi connectivity index (χ1) is 15.2. The fourth-order valence-electron chi connectivity index (χ4n) is 3.45. The molecule has 0 saturated heterocycles. The lowest BCUT2D eigenvalue weighted by Gasteiger charge is -2.30. The summed E-state index contributed by atoms with van der Waals surface area (Å²) in [5, 5.41) is 10.5. The smallest absolute Gasteiger partial charge is 0.343 e. The molecule has 1 aliphatic carbocycles. The quantitative estimate of drug-likeness (QED) is 0.271.